The second kappa shape index (κ2) is 6.53. The molecule has 5 heteroatoms. The topological polar surface area (TPSA) is 74.0 Å². The highest BCUT2D eigenvalue weighted by molar-refractivity contribution is 6.30. The molecule has 0 unspecified atom stereocenters. The smallest absolute Gasteiger partial charge is 0.335 e. The largest absolute Gasteiger partial charge is 0.478 e. The molecule has 0 aliphatic rings. The molecule has 0 aliphatic heterocycles. The van der Waals surface area contributed by atoms with Crippen LogP contribution in [0.2, 0.25) is 5.02 Å². The van der Waals surface area contributed by atoms with Crippen LogP contribution in [0.3, 0.4) is 0 Å². The van der Waals surface area contributed by atoms with Crippen molar-refractivity contribution >= 4 is 17.6 Å². The molecule has 0 radical (unpaired) electrons. The van der Waals surface area contributed by atoms with E-state index in [1.807, 2.05) is 24.3 Å². The number of carboxylic acids is 1. The average Bonchev–Trinajstić information content (AvgIpc) is 2.62. The molecule has 24 heavy (non-hydrogen) atoms. The van der Waals surface area contributed by atoms with E-state index in [-0.39, 0.29) is 5.56 Å². The van der Waals surface area contributed by atoms with Crippen molar-refractivity contribution in [3.63, 3.8) is 0 Å². The van der Waals surface area contributed by atoms with Crippen LogP contribution >= 0.6 is 11.6 Å². The van der Waals surface area contributed by atoms with Crippen LogP contribution in [0.1, 0.15) is 15.9 Å². The Hall–Kier alpha value is -3.16. The Morgan fingerprint density at radius 2 is 1.75 bits per heavy atom. The summed E-state index contributed by atoms with van der Waals surface area (Å²) in [7, 11) is 0. The highest BCUT2D eigenvalue weighted by atomic mass is 35.5. The van der Waals surface area contributed by atoms with Crippen LogP contribution in [0.5, 0.6) is 0 Å². The molecule has 2 aromatic carbocycles. The van der Waals surface area contributed by atoms with Crippen molar-refractivity contribution in [2.75, 3.05) is 0 Å². The summed E-state index contributed by atoms with van der Waals surface area (Å²) in [5, 5.41) is 19.2. The van der Waals surface area contributed by atoms with Gasteiger partial charge in [0, 0.05) is 16.8 Å². The van der Waals surface area contributed by atoms with E-state index in [1.54, 1.807) is 18.2 Å². The fourth-order valence-electron chi connectivity index (χ4n) is 2.40. The second-order valence-corrected chi connectivity index (χ2v) is 5.55. The third kappa shape index (κ3) is 3.12. The van der Waals surface area contributed by atoms with Gasteiger partial charge in [-0.3, -0.25) is 4.98 Å². The fourth-order valence-corrected chi connectivity index (χ4v) is 2.52. The third-order valence-corrected chi connectivity index (χ3v) is 3.85. The van der Waals surface area contributed by atoms with E-state index in [0.29, 0.717) is 21.8 Å². The van der Waals surface area contributed by atoms with Crippen molar-refractivity contribution in [2.45, 2.75) is 0 Å². The Kier molecular flexibility index (Phi) is 4.28. The van der Waals surface area contributed by atoms with Crippen LogP contribution in [-0.4, -0.2) is 16.1 Å². The summed E-state index contributed by atoms with van der Waals surface area (Å²) in [5.74, 6) is -1.02. The van der Waals surface area contributed by atoms with E-state index in [9.17, 15) is 10.1 Å². The number of aromatic nitrogens is 1. The van der Waals surface area contributed by atoms with E-state index in [4.69, 9.17) is 16.7 Å². The maximum Gasteiger partial charge on any atom is 0.335 e. The summed E-state index contributed by atoms with van der Waals surface area (Å²) in [6, 6.07) is 17.7. The van der Waals surface area contributed by atoms with Gasteiger partial charge in [0.1, 0.15) is 0 Å². The first kappa shape index (κ1) is 15.7. The lowest BCUT2D eigenvalue weighted by molar-refractivity contribution is 0.0697. The molecule has 3 rings (SSSR count). The predicted octanol–water partition coefficient (Wildman–Crippen LogP) is 4.64. The molecule has 0 bridgehead atoms. The van der Waals surface area contributed by atoms with Gasteiger partial charge in [0.05, 0.1) is 22.9 Å². The number of nitriles is 1. The number of carboxylic acid groups (broad SMARTS) is 1. The maximum absolute atomic E-state index is 11.1. The highest BCUT2D eigenvalue weighted by Crippen LogP contribution is 2.29. The number of halogens is 1. The Bertz CT molecular complexity index is 960. The molecule has 0 spiro atoms. The van der Waals surface area contributed by atoms with Crippen molar-refractivity contribution in [1.82, 2.24) is 4.98 Å². The van der Waals surface area contributed by atoms with E-state index in [0.717, 1.165) is 11.1 Å². The quantitative estimate of drug-likeness (QED) is 0.757. The lowest BCUT2D eigenvalue weighted by Crippen LogP contribution is -1.97. The molecular formula is C19H11ClN2O2. The predicted molar refractivity (Wildman–Crippen MR) is 91.8 cm³/mol. The van der Waals surface area contributed by atoms with E-state index >= 15 is 0 Å². The van der Waals surface area contributed by atoms with Crippen LogP contribution in [0, 0.1) is 11.3 Å². The summed E-state index contributed by atoms with van der Waals surface area (Å²) < 4.78 is 0. The van der Waals surface area contributed by atoms with E-state index in [2.05, 4.69) is 11.1 Å². The number of hydrogen-bond donors (Lipinski definition) is 1. The lowest BCUT2D eigenvalue weighted by atomic mass is 9.97. The molecule has 0 amide bonds. The molecule has 1 heterocycles. The number of pyridine rings is 1. The molecule has 0 saturated heterocycles. The van der Waals surface area contributed by atoms with Crippen LogP contribution in [-0.2, 0) is 0 Å². The minimum atomic E-state index is -1.02. The number of aromatic carboxylic acids is 1. The van der Waals surface area contributed by atoms with Gasteiger partial charge in [0.25, 0.3) is 0 Å². The number of hydrogen-bond acceptors (Lipinski definition) is 3. The van der Waals surface area contributed by atoms with E-state index < -0.39 is 5.97 Å². The SMILES string of the molecule is N#Cc1cc(-c2cc(C(=O)O)ccn2)ccc1-c1ccc(Cl)cc1. The van der Waals surface area contributed by atoms with Crippen molar-refractivity contribution in [3.05, 3.63) is 76.9 Å². The first-order valence-electron chi connectivity index (χ1n) is 7.08. The van der Waals surface area contributed by atoms with Crippen molar-refractivity contribution in [3.8, 4) is 28.5 Å². The molecular weight excluding hydrogens is 324 g/mol. The summed E-state index contributed by atoms with van der Waals surface area (Å²) in [4.78, 5) is 15.3. The van der Waals surface area contributed by atoms with Crippen molar-refractivity contribution in [1.29, 1.82) is 5.26 Å². The van der Waals surface area contributed by atoms with Gasteiger partial charge in [0.2, 0.25) is 0 Å². The molecule has 0 aliphatic carbocycles. The van der Waals surface area contributed by atoms with Gasteiger partial charge >= 0.3 is 5.97 Å². The first-order chi connectivity index (χ1) is 11.6. The van der Waals surface area contributed by atoms with E-state index in [1.165, 1.54) is 18.3 Å². The van der Waals surface area contributed by atoms with Gasteiger partial charge in [-0.05, 0) is 41.5 Å². The minimum Gasteiger partial charge on any atom is -0.478 e. The van der Waals surface area contributed by atoms with Gasteiger partial charge in [-0.2, -0.15) is 5.26 Å². The summed E-state index contributed by atoms with van der Waals surface area (Å²) in [6.07, 6.45) is 1.44. The molecule has 0 fully saturated rings. The maximum atomic E-state index is 11.1. The Labute approximate surface area is 143 Å². The molecule has 0 saturated carbocycles. The fraction of sp³-hybridized carbons (Fsp3) is 0. The van der Waals surface area contributed by atoms with Crippen LogP contribution < -0.4 is 0 Å². The Morgan fingerprint density at radius 1 is 1.04 bits per heavy atom. The van der Waals surface area contributed by atoms with Gasteiger partial charge in [-0.1, -0.05) is 35.9 Å². The first-order valence-corrected chi connectivity index (χ1v) is 7.46. The summed E-state index contributed by atoms with van der Waals surface area (Å²) >= 11 is 5.90. The number of benzene rings is 2. The normalized spacial score (nSPS) is 10.2. The molecule has 3 aromatic rings. The monoisotopic (exact) mass is 334 g/mol. The second-order valence-electron chi connectivity index (χ2n) is 5.11. The van der Waals surface area contributed by atoms with Crippen LogP contribution in [0.25, 0.3) is 22.4 Å². The molecule has 1 aromatic heterocycles. The zero-order chi connectivity index (χ0) is 17.1. The molecule has 116 valence electrons. The van der Waals surface area contributed by atoms with Gasteiger partial charge < -0.3 is 5.11 Å². The van der Waals surface area contributed by atoms with Gasteiger partial charge in [-0.15, -0.1) is 0 Å². The molecule has 4 nitrogen and oxygen atoms in total. The standard InChI is InChI=1S/C19H11ClN2O2/c20-16-4-1-12(2-5-16)17-6-3-13(9-15(17)11-21)18-10-14(19(23)24)7-8-22-18/h1-10H,(H,23,24). The van der Waals surface area contributed by atoms with Gasteiger partial charge in [-0.25, -0.2) is 4.79 Å². The summed E-state index contributed by atoms with van der Waals surface area (Å²) in [5.41, 5.74) is 3.50. The van der Waals surface area contributed by atoms with Crippen LogP contribution in [0.15, 0.2) is 60.8 Å². The molecule has 1 N–H and O–H groups in total. The highest BCUT2D eigenvalue weighted by Gasteiger charge is 2.10. The molecule has 0 atom stereocenters. The third-order valence-electron chi connectivity index (χ3n) is 3.60. The minimum absolute atomic E-state index is 0.153. The number of carbonyl (C=O) groups is 1. The lowest BCUT2D eigenvalue weighted by Gasteiger charge is -2.08. The number of nitrogens with zero attached hydrogens (tertiary/aromatic N) is 2. The van der Waals surface area contributed by atoms with Crippen molar-refractivity contribution < 1.29 is 9.90 Å². The Morgan fingerprint density at radius 3 is 2.42 bits per heavy atom. The summed E-state index contributed by atoms with van der Waals surface area (Å²) in [6.45, 7) is 0. The zero-order valence-corrected chi connectivity index (χ0v) is 13.2. The van der Waals surface area contributed by atoms with Gasteiger partial charge in [0.15, 0.2) is 0 Å². The Balaban J connectivity index is 2.07. The number of rotatable bonds is 3. The average molecular weight is 335 g/mol. The zero-order valence-electron chi connectivity index (χ0n) is 12.4. The van der Waals surface area contributed by atoms with Crippen molar-refractivity contribution in [2.24, 2.45) is 0 Å². The van der Waals surface area contributed by atoms with Crippen LogP contribution in [0.4, 0.5) is 0 Å².